The molecule has 1 fully saturated rings. The van der Waals surface area contributed by atoms with E-state index >= 15 is 0 Å². The Bertz CT molecular complexity index is 825. The van der Waals surface area contributed by atoms with Gasteiger partial charge in [0.15, 0.2) is 11.5 Å². The zero-order valence-electron chi connectivity index (χ0n) is 16.4. The van der Waals surface area contributed by atoms with Gasteiger partial charge in [-0.1, -0.05) is 30.3 Å². The second-order valence-electron chi connectivity index (χ2n) is 6.53. The Morgan fingerprint density at radius 1 is 1.10 bits per heavy atom. The molecule has 0 saturated carbocycles. The van der Waals surface area contributed by atoms with Gasteiger partial charge in [-0.25, -0.2) is 0 Å². The van der Waals surface area contributed by atoms with E-state index in [1.807, 2.05) is 42.2 Å². The van der Waals surface area contributed by atoms with Crippen LogP contribution in [0.25, 0.3) is 0 Å². The molecular weight excluding hydrogens is 400 g/mol. The van der Waals surface area contributed by atoms with E-state index in [2.05, 4.69) is 4.74 Å². The first-order valence-electron chi connectivity index (χ1n) is 9.15. The lowest BCUT2D eigenvalue weighted by atomic mass is 10.1. The van der Waals surface area contributed by atoms with Gasteiger partial charge in [-0.15, -0.1) is 11.8 Å². The number of alkyl halides is 2. The van der Waals surface area contributed by atoms with Gasteiger partial charge in [-0.05, 0) is 36.6 Å². The molecule has 0 N–H and O–H groups in total. The van der Waals surface area contributed by atoms with Crippen LogP contribution in [0.1, 0.15) is 23.4 Å². The predicted octanol–water partition coefficient (Wildman–Crippen LogP) is 4.51. The Morgan fingerprint density at radius 2 is 1.72 bits per heavy atom. The van der Waals surface area contributed by atoms with Gasteiger partial charge in [0.1, 0.15) is 5.37 Å². The molecule has 1 amide bonds. The second-order valence-corrected chi connectivity index (χ2v) is 7.96. The van der Waals surface area contributed by atoms with Crippen molar-refractivity contribution in [1.82, 2.24) is 4.90 Å². The van der Waals surface area contributed by atoms with Crippen LogP contribution in [0.4, 0.5) is 8.78 Å². The standard InChI is InChI=1S/C21H23F2NO4S/c1-13-19(25)24(10-9-14-7-5-4-6-8-14)20(29-13)15-11-16(26-2)18(28-21(22)23)17(12-15)27-3/h4-8,11-13,20-21H,9-10H2,1-3H3. The molecule has 1 heterocycles. The maximum Gasteiger partial charge on any atom is 0.387 e. The Labute approximate surface area is 172 Å². The van der Waals surface area contributed by atoms with Crippen molar-refractivity contribution in [3.8, 4) is 17.2 Å². The van der Waals surface area contributed by atoms with Crippen LogP contribution in [0, 0.1) is 0 Å². The summed E-state index contributed by atoms with van der Waals surface area (Å²) in [5.74, 6) is 0.152. The molecule has 156 valence electrons. The lowest BCUT2D eigenvalue weighted by Crippen LogP contribution is -2.32. The number of carbonyl (C=O) groups is 1. The van der Waals surface area contributed by atoms with Crippen LogP contribution in [0.3, 0.4) is 0 Å². The smallest absolute Gasteiger partial charge is 0.387 e. The summed E-state index contributed by atoms with van der Waals surface area (Å²) in [5.41, 5.74) is 1.87. The molecule has 8 heteroatoms. The minimum atomic E-state index is -3.01. The summed E-state index contributed by atoms with van der Waals surface area (Å²) in [6.45, 7) is -0.593. The lowest BCUT2D eigenvalue weighted by molar-refractivity contribution is -0.129. The summed E-state index contributed by atoms with van der Waals surface area (Å²) in [6, 6.07) is 13.2. The van der Waals surface area contributed by atoms with E-state index in [1.54, 1.807) is 12.1 Å². The van der Waals surface area contributed by atoms with Crippen LogP contribution < -0.4 is 14.2 Å². The van der Waals surface area contributed by atoms with Crippen LogP contribution in [0.15, 0.2) is 42.5 Å². The van der Waals surface area contributed by atoms with Crippen LogP contribution in [-0.2, 0) is 11.2 Å². The van der Waals surface area contributed by atoms with Gasteiger partial charge < -0.3 is 19.1 Å². The average Bonchev–Trinajstić information content (AvgIpc) is 3.01. The van der Waals surface area contributed by atoms with Crippen molar-refractivity contribution < 1.29 is 27.8 Å². The molecule has 0 radical (unpaired) electrons. The molecule has 0 spiro atoms. The highest BCUT2D eigenvalue weighted by atomic mass is 32.2. The number of methoxy groups -OCH3 is 2. The summed E-state index contributed by atoms with van der Waals surface area (Å²) in [5, 5.41) is -0.477. The Balaban J connectivity index is 1.90. The van der Waals surface area contributed by atoms with Crippen molar-refractivity contribution in [3.05, 3.63) is 53.6 Å². The number of thioether (sulfide) groups is 1. The first-order valence-corrected chi connectivity index (χ1v) is 10.1. The average molecular weight is 423 g/mol. The molecular formula is C21H23F2NO4S. The molecule has 5 nitrogen and oxygen atoms in total. The fourth-order valence-electron chi connectivity index (χ4n) is 3.30. The normalized spacial score (nSPS) is 19.0. The molecule has 2 atom stereocenters. The monoisotopic (exact) mass is 423 g/mol. The van der Waals surface area contributed by atoms with E-state index in [0.29, 0.717) is 6.54 Å². The van der Waals surface area contributed by atoms with Gasteiger partial charge in [-0.3, -0.25) is 4.79 Å². The third-order valence-electron chi connectivity index (χ3n) is 4.71. The zero-order valence-corrected chi connectivity index (χ0v) is 17.2. The highest BCUT2D eigenvalue weighted by Crippen LogP contribution is 2.48. The van der Waals surface area contributed by atoms with Gasteiger partial charge in [0.2, 0.25) is 11.7 Å². The van der Waals surface area contributed by atoms with Crippen molar-refractivity contribution in [1.29, 1.82) is 0 Å². The van der Waals surface area contributed by atoms with E-state index in [4.69, 9.17) is 9.47 Å². The van der Waals surface area contributed by atoms with E-state index < -0.39 is 6.61 Å². The van der Waals surface area contributed by atoms with Crippen LogP contribution >= 0.6 is 11.8 Å². The topological polar surface area (TPSA) is 48.0 Å². The minimum Gasteiger partial charge on any atom is -0.493 e. The number of benzene rings is 2. The van der Waals surface area contributed by atoms with Gasteiger partial charge >= 0.3 is 6.61 Å². The van der Waals surface area contributed by atoms with Gasteiger partial charge in [-0.2, -0.15) is 8.78 Å². The number of hydrogen-bond acceptors (Lipinski definition) is 5. The first-order chi connectivity index (χ1) is 13.9. The van der Waals surface area contributed by atoms with E-state index in [0.717, 1.165) is 17.5 Å². The predicted molar refractivity (Wildman–Crippen MR) is 108 cm³/mol. The second kappa shape index (κ2) is 9.35. The number of nitrogens with zero attached hydrogens (tertiary/aromatic N) is 1. The SMILES string of the molecule is COc1cc(C2SC(C)C(=O)N2CCc2ccccc2)cc(OC)c1OC(F)F. The molecule has 1 saturated heterocycles. The molecule has 2 aromatic carbocycles. The highest BCUT2D eigenvalue weighted by Gasteiger charge is 2.39. The van der Waals surface area contributed by atoms with Crippen molar-refractivity contribution in [2.45, 2.75) is 30.6 Å². The van der Waals surface area contributed by atoms with Crippen molar-refractivity contribution in [2.24, 2.45) is 0 Å². The molecule has 0 aromatic heterocycles. The maximum absolute atomic E-state index is 12.8. The summed E-state index contributed by atoms with van der Waals surface area (Å²) >= 11 is 1.50. The van der Waals surface area contributed by atoms with E-state index in [1.165, 1.54) is 26.0 Å². The van der Waals surface area contributed by atoms with Gasteiger partial charge in [0, 0.05) is 6.54 Å². The van der Waals surface area contributed by atoms with Gasteiger partial charge in [0.05, 0.1) is 19.5 Å². The van der Waals surface area contributed by atoms with Crippen molar-refractivity contribution >= 4 is 17.7 Å². The van der Waals surface area contributed by atoms with Gasteiger partial charge in [0.25, 0.3) is 0 Å². The summed E-state index contributed by atoms with van der Waals surface area (Å²) in [7, 11) is 2.75. The molecule has 0 aliphatic carbocycles. The van der Waals surface area contributed by atoms with Crippen LogP contribution in [0.2, 0.25) is 0 Å². The zero-order chi connectivity index (χ0) is 21.0. The van der Waals surface area contributed by atoms with E-state index in [-0.39, 0.29) is 33.8 Å². The molecule has 2 unspecified atom stereocenters. The molecule has 29 heavy (non-hydrogen) atoms. The Kier molecular flexibility index (Phi) is 6.84. The quantitative estimate of drug-likeness (QED) is 0.625. The summed E-state index contributed by atoms with van der Waals surface area (Å²) < 4.78 is 40.7. The van der Waals surface area contributed by atoms with Crippen molar-refractivity contribution in [2.75, 3.05) is 20.8 Å². The highest BCUT2D eigenvalue weighted by molar-refractivity contribution is 8.01. The third-order valence-corrected chi connectivity index (χ3v) is 6.10. The Morgan fingerprint density at radius 3 is 2.28 bits per heavy atom. The molecule has 2 aromatic rings. The Hall–Kier alpha value is -2.48. The maximum atomic E-state index is 12.8. The molecule has 3 rings (SSSR count). The molecule has 0 bridgehead atoms. The summed E-state index contributed by atoms with van der Waals surface area (Å²) in [6.07, 6.45) is 0.719. The minimum absolute atomic E-state index is 0.0433. The van der Waals surface area contributed by atoms with Crippen LogP contribution in [-0.4, -0.2) is 43.4 Å². The summed E-state index contributed by atoms with van der Waals surface area (Å²) in [4.78, 5) is 14.6. The molecule has 1 aliphatic heterocycles. The molecule has 1 aliphatic rings. The number of halogens is 2. The number of amides is 1. The number of carbonyl (C=O) groups excluding carboxylic acids is 1. The fourth-order valence-corrected chi connectivity index (χ4v) is 4.59. The lowest BCUT2D eigenvalue weighted by Gasteiger charge is -2.25. The number of hydrogen-bond donors (Lipinski definition) is 0. The van der Waals surface area contributed by atoms with Crippen LogP contribution in [0.5, 0.6) is 17.2 Å². The third kappa shape index (κ3) is 4.75. The van der Waals surface area contributed by atoms with Crippen molar-refractivity contribution in [3.63, 3.8) is 0 Å². The van der Waals surface area contributed by atoms with E-state index in [9.17, 15) is 13.6 Å². The largest absolute Gasteiger partial charge is 0.493 e. The number of ether oxygens (including phenoxy) is 3. The fraction of sp³-hybridized carbons (Fsp3) is 0.381. The number of rotatable bonds is 8. The first kappa shape index (κ1) is 21.2.